The minimum absolute atomic E-state index is 0.158. The molecule has 0 radical (unpaired) electrons. The third-order valence-corrected chi connectivity index (χ3v) is 7.43. The summed E-state index contributed by atoms with van der Waals surface area (Å²) in [5, 5.41) is 8.08. The zero-order valence-corrected chi connectivity index (χ0v) is 22.5. The Hall–Kier alpha value is -4.43. The fraction of sp³-hybridized carbons (Fsp3) is 0.281. The molecular formula is C32H32N4O4. The number of nitrogens with two attached hydrogens (primary N) is 1. The first-order valence-corrected chi connectivity index (χ1v) is 13.7. The van der Waals surface area contributed by atoms with Crippen molar-refractivity contribution in [2.24, 2.45) is 0 Å². The number of anilines is 1. The van der Waals surface area contributed by atoms with E-state index in [0.717, 1.165) is 70.1 Å². The molecule has 6 rings (SSSR count). The van der Waals surface area contributed by atoms with Crippen molar-refractivity contribution in [3.63, 3.8) is 0 Å². The van der Waals surface area contributed by atoms with Crippen LogP contribution in [0.25, 0.3) is 32.8 Å². The van der Waals surface area contributed by atoms with Crippen LogP contribution in [0.4, 0.5) is 5.82 Å². The Bertz CT molecular complexity index is 1670. The number of para-hydroxylation sites is 1. The molecule has 8 nitrogen and oxygen atoms in total. The monoisotopic (exact) mass is 536 g/mol. The summed E-state index contributed by atoms with van der Waals surface area (Å²) in [4.78, 5) is 16.4. The lowest BCUT2D eigenvalue weighted by molar-refractivity contribution is -0.142. The van der Waals surface area contributed by atoms with Gasteiger partial charge in [0.1, 0.15) is 23.9 Å². The SMILES string of the molecule is CCOC(=O)Cc1ccccc1OCc1nn(C2CCOCC2)c2ccc(-c3ccc4ccnc(N)c4c3)cc12. The van der Waals surface area contributed by atoms with Crippen molar-refractivity contribution in [2.45, 2.75) is 38.8 Å². The van der Waals surface area contributed by atoms with Gasteiger partial charge in [0.2, 0.25) is 0 Å². The second-order valence-electron chi connectivity index (χ2n) is 9.98. The summed E-state index contributed by atoms with van der Waals surface area (Å²) < 4.78 is 19.2. The molecule has 8 heteroatoms. The van der Waals surface area contributed by atoms with Crippen molar-refractivity contribution < 1.29 is 19.0 Å². The Morgan fingerprint density at radius 2 is 1.80 bits per heavy atom. The molecule has 0 spiro atoms. The maximum atomic E-state index is 12.2. The summed E-state index contributed by atoms with van der Waals surface area (Å²) in [6, 6.07) is 22.5. The molecule has 5 aromatic rings. The van der Waals surface area contributed by atoms with Gasteiger partial charge >= 0.3 is 5.97 Å². The summed E-state index contributed by atoms with van der Waals surface area (Å²) in [7, 11) is 0. The predicted octanol–water partition coefficient (Wildman–Crippen LogP) is 5.87. The predicted molar refractivity (Wildman–Crippen MR) is 155 cm³/mol. The number of fused-ring (bicyclic) bond motifs is 2. The number of nitrogens with zero attached hydrogens (tertiary/aromatic N) is 3. The maximum absolute atomic E-state index is 12.2. The Balaban J connectivity index is 1.37. The molecule has 1 aliphatic rings. The van der Waals surface area contributed by atoms with E-state index in [2.05, 4.69) is 46.1 Å². The molecule has 2 N–H and O–H groups in total. The molecule has 3 aromatic carbocycles. The van der Waals surface area contributed by atoms with E-state index in [1.807, 2.05) is 30.3 Å². The van der Waals surface area contributed by atoms with Crippen LogP contribution in [0.2, 0.25) is 0 Å². The molecule has 1 fully saturated rings. The topological polar surface area (TPSA) is 101 Å². The highest BCUT2D eigenvalue weighted by molar-refractivity contribution is 5.95. The number of esters is 1. The van der Waals surface area contributed by atoms with Crippen LogP contribution in [0.5, 0.6) is 5.75 Å². The molecule has 0 atom stereocenters. The van der Waals surface area contributed by atoms with Gasteiger partial charge in [-0.05, 0) is 66.6 Å². The molecule has 2 aromatic heterocycles. The first kappa shape index (κ1) is 25.8. The zero-order chi connectivity index (χ0) is 27.5. The highest BCUT2D eigenvalue weighted by Crippen LogP contribution is 2.33. The zero-order valence-electron chi connectivity index (χ0n) is 22.5. The Morgan fingerprint density at radius 1 is 1.02 bits per heavy atom. The first-order valence-electron chi connectivity index (χ1n) is 13.7. The van der Waals surface area contributed by atoms with Crippen molar-refractivity contribution in [3.05, 3.63) is 84.2 Å². The molecule has 0 bridgehead atoms. The van der Waals surface area contributed by atoms with E-state index in [9.17, 15) is 4.79 Å². The molecule has 1 aliphatic heterocycles. The quantitative estimate of drug-likeness (QED) is 0.248. The van der Waals surface area contributed by atoms with E-state index < -0.39 is 0 Å². The number of hydrogen-bond donors (Lipinski definition) is 1. The minimum atomic E-state index is -0.274. The van der Waals surface area contributed by atoms with Gasteiger partial charge in [-0.1, -0.05) is 36.4 Å². The Kier molecular flexibility index (Phi) is 7.33. The van der Waals surface area contributed by atoms with Crippen LogP contribution in [0.1, 0.15) is 37.1 Å². The summed E-state index contributed by atoms with van der Waals surface area (Å²) in [5.74, 6) is 0.893. The summed E-state index contributed by atoms with van der Waals surface area (Å²) in [6.07, 6.45) is 3.72. The summed E-state index contributed by atoms with van der Waals surface area (Å²) >= 11 is 0. The van der Waals surface area contributed by atoms with Gasteiger partial charge in [0.15, 0.2) is 0 Å². The Labute approximate surface area is 232 Å². The van der Waals surface area contributed by atoms with Gasteiger partial charge < -0.3 is 19.9 Å². The first-order chi connectivity index (χ1) is 19.6. The van der Waals surface area contributed by atoms with Crippen molar-refractivity contribution in [2.75, 3.05) is 25.6 Å². The highest BCUT2D eigenvalue weighted by atomic mass is 16.5. The van der Waals surface area contributed by atoms with Crippen molar-refractivity contribution in [3.8, 4) is 16.9 Å². The van der Waals surface area contributed by atoms with E-state index in [0.29, 0.717) is 18.2 Å². The molecule has 204 valence electrons. The average molecular weight is 537 g/mol. The van der Waals surface area contributed by atoms with Gasteiger partial charge in [0, 0.05) is 35.7 Å². The summed E-state index contributed by atoms with van der Waals surface area (Å²) in [5.41, 5.74) is 11.0. The molecule has 40 heavy (non-hydrogen) atoms. The van der Waals surface area contributed by atoms with Crippen molar-refractivity contribution in [1.29, 1.82) is 0 Å². The molecule has 0 unspecified atom stereocenters. The second-order valence-corrected chi connectivity index (χ2v) is 9.98. The molecule has 1 saturated heterocycles. The highest BCUT2D eigenvalue weighted by Gasteiger charge is 2.22. The number of rotatable bonds is 8. The largest absolute Gasteiger partial charge is 0.487 e. The molecule has 0 aliphatic carbocycles. The van der Waals surface area contributed by atoms with Crippen LogP contribution in [0.3, 0.4) is 0 Å². The van der Waals surface area contributed by atoms with Crippen LogP contribution >= 0.6 is 0 Å². The van der Waals surface area contributed by atoms with Gasteiger partial charge in [-0.3, -0.25) is 9.48 Å². The van der Waals surface area contributed by atoms with E-state index in [1.165, 1.54) is 0 Å². The molecule has 0 saturated carbocycles. The number of hydrogen-bond acceptors (Lipinski definition) is 7. The number of carbonyl (C=O) groups is 1. The van der Waals surface area contributed by atoms with Gasteiger partial charge in [-0.25, -0.2) is 4.98 Å². The fourth-order valence-electron chi connectivity index (χ4n) is 5.37. The summed E-state index contributed by atoms with van der Waals surface area (Å²) in [6.45, 7) is 3.87. The lowest BCUT2D eigenvalue weighted by Crippen LogP contribution is -2.20. The smallest absolute Gasteiger partial charge is 0.310 e. The van der Waals surface area contributed by atoms with Crippen LogP contribution < -0.4 is 10.5 Å². The second kappa shape index (κ2) is 11.4. The number of ether oxygens (including phenoxy) is 3. The molecule has 0 amide bonds. The van der Waals surface area contributed by atoms with Gasteiger partial charge in [0.25, 0.3) is 0 Å². The van der Waals surface area contributed by atoms with E-state index >= 15 is 0 Å². The van der Waals surface area contributed by atoms with Crippen LogP contribution in [0, 0.1) is 0 Å². The Morgan fingerprint density at radius 3 is 2.62 bits per heavy atom. The van der Waals surface area contributed by atoms with Crippen molar-refractivity contribution >= 4 is 33.5 Å². The van der Waals surface area contributed by atoms with Gasteiger partial charge in [0.05, 0.1) is 24.6 Å². The van der Waals surface area contributed by atoms with Crippen molar-refractivity contribution in [1.82, 2.24) is 14.8 Å². The maximum Gasteiger partial charge on any atom is 0.310 e. The number of carbonyl (C=O) groups excluding carboxylic acids is 1. The standard InChI is InChI=1S/C32H32N4O4/c1-2-39-31(37)19-24-5-3-4-6-30(24)40-20-28-27-18-23(22-8-7-21-11-14-34-32(33)26(21)17-22)9-10-29(27)36(35-28)25-12-15-38-16-13-25/h3-11,14,17-18,25H,2,12-13,15-16,19-20H2,1H3,(H2,33,34). The van der Waals surface area contributed by atoms with E-state index in [-0.39, 0.29) is 25.0 Å². The van der Waals surface area contributed by atoms with Gasteiger partial charge in [-0.15, -0.1) is 0 Å². The lowest BCUT2D eigenvalue weighted by Gasteiger charge is -2.23. The minimum Gasteiger partial charge on any atom is -0.487 e. The van der Waals surface area contributed by atoms with Crippen LogP contribution in [-0.4, -0.2) is 40.6 Å². The third kappa shape index (κ3) is 5.22. The van der Waals surface area contributed by atoms with Crippen LogP contribution in [-0.2, 0) is 27.3 Å². The normalized spacial score (nSPS) is 14.0. The van der Waals surface area contributed by atoms with Gasteiger partial charge in [-0.2, -0.15) is 5.10 Å². The lowest BCUT2D eigenvalue weighted by atomic mass is 10.00. The third-order valence-electron chi connectivity index (χ3n) is 7.43. The number of pyridine rings is 1. The fourth-order valence-corrected chi connectivity index (χ4v) is 5.37. The molecule has 3 heterocycles. The van der Waals surface area contributed by atoms with Crippen LogP contribution in [0.15, 0.2) is 72.9 Å². The number of benzene rings is 3. The van der Waals surface area contributed by atoms with E-state index in [1.54, 1.807) is 13.1 Å². The number of nitrogen functional groups attached to an aromatic ring is 1. The number of aromatic nitrogens is 3. The molecular weight excluding hydrogens is 504 g/mol. The average Bonchev–Trinajstić information content (AvgIpc) is 3.35. The van der Waals surface area contributed by atoms with E-state index in [4.69, 9.17) is 25.0 Å².